The lowest BCUT2D eigenvalue weighted by molar-refractivity contribution is 0.0689. The van der Waals surface area contributed by atoms with E-state index < -0.39 is 5.97 Å². The van der Waals surface area contributed by atoms with Crippen LogP contribution < -0.4 is 0 Å². The number of aryl methyl sites for hydroxylation is 2. The zero-order valence-corrected chi connectivity index (χ0v) is 13.0. The number of hydrogen-bond acceptors (Lipinski definition) is 3. The molecule has 0 bridgehead atoms. The Bertz CT molecular complexity index is 854. The minimum absolute atomic E-state index is 0.00571. The maximum absolute atomic E-state index is 11.5. The Kier molecular flexibility index (Phi) is 3.93. The summed E-state index contributed by atoms with van der Waals surface area (Å²) in [6, 6.07) is 15.7. The van der Waals surface area contributed by atoms with Gasteiger partial charge < -0.3 is 5.11 Å². The van der Waals surface area contributed by atoms with Crippen LogP contribution in [0.25, 0.3) is 5.69 Å². The molecular formula is C18H17N3O2. The second kappa shape index (κ2) is 6.04. The third-order valence-corrected chi connectivity index (χ3v) is 3.76. The van der Waals surface area contributed by atoms with Crippen LogP contribution in [0, 0.1) is 13.8 Å². The average Bonchev–Trinajstić information content (AvgIpc) is 2.92. The Morgan fingerprint density at radius 3 is 2.52 bits per heavy atom. The second-order valence-corrected chi connectivity index (χ2v) is 5.55. The van der Waals surface area contributed by atoms with Crippen molar-refractivity contribution in [2.75, 3.05) is 0 Å². The van der Waals surface area contributed by atoms with Crippen molar-refractivity contribution in [2.45, 2.75) is 20.3 Å². The number of aromatic nitrogens is 3. The Hall–Kier alpha value is -2.95. The van der Waals surface area contributed by atoms with Gasteiger partial charge in [-0.25, -0.2) is 9.48 Å². The van der Waals surface area contributed by atoms with Crippen molar-refractivity contribution in [1.29, 1.82) is 0 Å². The van der Waals surface area contributed by atoms with Gasteiger partial charge >= 0.3 is 5.97 Å². The standard InChI is InChI=1S/C18H17N3O2/c1-12-8-9-15(13(2)10-12)21-16(17(18(22)23)19-20-21)11-14-6-4-3-5-7-14/h3-10H,11H2,1-2H3,(H,22,23). The summed E-state index contributed by atoms with van der Waals surface area (Å²) in [6.45, 7) is 4.00. The van der Waals surface area contributed by atoms with E-state index in [0.717, 1.165) is 22.4 Å². The minimum Gasteiger partial charge on any atom is -0.476 e. The minimum atomic E-state index is -1.06. The molecule has 0 amide bonds. The Morgan fingerprint density at radius 1 is 1.13 bits per heavy atom. The summed E-state index contributed by atoms with van der Waals surface area (Å²) in [5.74, 6) is -1.06. The summed E-state index contributed by atoms with van der Waals surface area (Å²) in [7, 11) is 0. The van der Waals surface area contributed by atoms with E-state index in [1.807, 2.05) is 62.4 Å². The normalized spacial score (nSPS) is 10.7. The topological polar surface area (TPSA) is 68.0 Å². The average molecular weight is 307 g/mol. The predicted octanol–water partition coefficient (Wildman–Crippen LogP) is 3.17. The zero-order chi connectivity index (χ0) is 16.4. The molecule has 0 fully saturated rings. The van der Waals surface area contributed by atoms with E-state index in [-0.39, 0.29) is 5.69 Å². The van der Waals surface area contributed by atoms with Gasteiger partial charge in [-0.3, -0.25) is 0 Å². The first-order chi connectivity index (χ1) is 11.1. The van der Waals surface area contributed by atoms with Crippen LogP contribution in [-0.2, 0) is 6.42 Å². The van der Waals surface area contributed by atoms with Crippen LogP contribution in [0.4, 0.5) is 0 Å². The van der Waals surface area contributed by atoms with Gasteiger partial charge in [-0.1, -0.05) is 53.2 Å². The summed E-state index contributed by atoms with van der Waals surface area (Å²) in [6.07, 6.45) is 0.461. The molecule has 1 heterocycles. The van der Waals surface area contributed by atoms with Crippen LogP contribution >= 0.6 is 0 Å². The van der Waals surface area contributed by atoms with Gasteiger partial charge in [-0.15, -0.1) is 5.10 Å². The van der Waals surface area contributed by atoms with E-state index in [0.29, 0.717) is 12.1 Å². The Labute approximate surface area is 134 Å². The van der Waals surface area contributed by atoms with Gasteiger partial charge in [0.15, 0.2) is 5.69 Å². The highest BCUT2D eigenvalue weighted by Gasteiger charge is 2.20. The number of hydrogen-bond donors (Lipinski definition) is 1. The maximum Gasteiger partial charge on any atom is 0.358 e. The summed E-state index contributed by atoms with van der Waals surface area (Å²) in [5.41, 5.74) is 4.62. The van der Waals surface area contributed by atoms with Gasteiger partial charge in [0, 0.05) is 6.42 Å². The first kappa shape index (κ1) is 15.0. The number of aromatic carboxylic acids is 1. The highest BCUT2D eigenvalue weighted by atomic mass is 16.4. The second-order valence-electron chi connectivity index (χ2n) is 5.55. The maximum atomic E-state index is 11.5. The quantitative estimate of drug-likeness (QED) is 0.804. The largest absolute Gasteiger partial charge is 0.476 e. The molecule has 23 heavy (non-hydrogen) atoms. The molecule has 0 unspecified atom stereocenters. The molecule has 0 aliphatic carbocycles. The van der Waals surface area contributed by atoms with E-state index in [9.17, 15) is 9.90 Å². The molecule has 0 atom stereocenters. The van der Waals surface area contributed by atoms with Gasteiger partial charge in [-0.2, -0.15) is 0 Å². The molecule has 2 aromatic carbocycles. The molecule has 0 radical (unpaired) electrons. The van der Waals surface area contributed by atoms with Crippen molar-refractivity contribution >= 4 is 5.97 Å². The zero-order valence-electron chi connectivity index (χ0n) is 13.0. The number of carboxylic acids is 1. The van der Waals surface area contributed by atoms with Crippen LogP contribution in [0.5, 0.6) is 0 Å². The molecule has 5 heteroatoms. The van der Waals surface area contributed by atoms with E-state index in [1.165, 1.54) is 0 Å². The summed E-state index contributed by atoms with van der Waals surface area (Å²) in [5, 5.41) is 17.3. The van der Waals surface area contributed by atoms with Crippen molar-refractivity contribution in [2.24, 2.45) is 0 Å². The monoisotopic (exact) mass is 307 g/mol. The van der Waals surface area contributed by atoms with Crippen molar-refractivity contribution < 1.29 is 9.90 Å². The van der Waals surface area contributed by atoms with Crippen LogP contribution in [0.15, 0.2) is 48.5 Å². The number of carboxylic acid groups (broad SMARTS) is 1. The number of benzene rings is 2. The molecule has 3 rings (SSSR count). The lowest BCUT2D eigenvalue weighted by Gasteiger charge is -2.10. The molecular weight excluding hydrogens is 290 g/mol. The van der Waals surface area contributed by atoms with Crippen molar-refractivity contribution in [3.8, 4) is 5.69 Å². The molecule has 0 aliphatic heterocycles. The van der Waals surface area contributed by atoms with Crippen LogP contribution in [-0.4, -0.2) is 26.1 Å². The smallest absolute Gasteiger partial charge is 0.358 e. The van der Waals surface area contributed by atoms with E-state index >= 15 is 0 Å². The van der Waals surface area contributed by atoms with E-state index in [4.69, 9.17) is 0 Å². The van der Waals surface area contributed by atoms with Crippen molar-refractivity contribution in [3.63, 3.8) is 0 Å². The molecule has 0 saturated heterocycles. The van der Waals surface area contributed by atoms with Gasteiger partial charge in [0.2, 0.25) is 0 Å². The third-order valence-electron chi connectivity index (χ3n) is 3.76. The molecule has 1 aromatic heterocycles. The van der Waals surface area contributed by atoms with Crippen molar-refractivity contribution in [1.82, 2.24) is 15.0 Å². The first-order valence-corrected chi connectivity index (χ1v) is 7.35. The van der Waals surface area contributed by atoms with E-state index in [2.05, 4.69) is 10.3 Å². The number of rotatable bonds is 4. The lowest BCUT2D eigenvalue weighted by Crippen LogP contribution is -2.09. The molecule has 0 aliphatic rings. The summed E-state index contributed by atoms with van der Waals surface area (Å²) < 4.78 is 1.63. The van der Waals surface area contributed by atoms with Crippen molar-refractivity contribution in [3.05, 3.63) is 76.6 Å². The molecule has 116 valence electrons. The lowest BCUT2D eigenvalue weighted by atomic mass is 10.1. The molecule has 5 nitrogen and oxygen atoms in total. The fourth-order valence-electron chi connectivity index (χ4n) is 2.65. The van der Waals surface area contributed by atoms with Gasteiger partial charge in [0.05, 0.1) is 11.4 Å². The first-order valence-electron chi connectivity index (χ1n) is 7.35. The fourth-order valence-corrected chi connectivity index (χ4v) is 2.65. The molecule has 1 N–H and O–H groups in total. The van der Waals surface area contributed by atoms with Gasteiger partial charge in [0.1, 0.15) is 0 Å². The highest BCUT2D eigenvalue weighted by Crippen LogP contribution is 2.20. The molecule has 3 aromatic rings. The highest BCUT2D eigenvalue weighted by molar-refractivity contribution is 5.86. The third kappa shape index (κ3) is 2.99. The molecule has 0 saturated carbocycles. The fraction of sp³-hybridized carbons (Fsp3) is 0.167. The number of nitrogens with zero attached hydrogens (tertiary/aromatic N) is 3. The SMILES string of the molecule is Cc1ccc(-n2nnc(C(=O)O)c2Cc2ccccc2)c(C)c1. The Balaban J connectivity index is 2.12. The molecule has 0 spiro atoms. The van der Waals surface area contributed by atoms with Gasteiger partial charge in [0.25, 0.3) is 0 Å². The Morgan fingerprint density at radius 2 is 1.87 bits per heavy atom. The van der Waals surface area contributed by atoms with Crippen LogP contribution in [0.1, 0.15) is 32.9 Å². The van der Waals surface area contributed by atoms with Crippen LogP contribution in [0.3, 0.4) is 0 Å². The van der Waals surface area contributed by atoms with Crippen LogP contribution in [0.2, 0.25) is 0 Å². The van der Waals surface area contributed by atoms with Gasteiger partial charge in [-0.05, 0) is 31.0 Å². The predicted molar refractivity (Wildman–Crippen MR) is 87.0 cm³/mol. The summed E-state index contributed by atoms with van der Waals surface area (Å²) in [4.78, 5) is 11.5. The summed E-state index contributed by atoms with van der Waals surface area (Å²) >= 11 is 0. The number of carbonyl (C=O) groups is 1. The van der Waals surface area contributed by atoms with E-state index in [1.54, 1.807) is 4.68 Å².